The highest BCUT2D eigenvalue weighted by Gasteiger charge is 2.30. The van der Waals surface area contributed by atoms with E-state index in [1.165, 1.54) is 4.31 Å². The second-order valence-corrected chi connectivity index (χ2v) is 9.25. The molecule has 0 bridgehead atoms. The van der Waals surface area contributed by atoms with Crippen molar-refractivity contribution in [2.45, 2.75) is 25.2 Å². The van der Waals surface area contributed by atoms with Gasteiger partial charge in [0.2, 0.25) is 10.0 Å². The number of benzene rings is 2. The Hall–Kier alpha value is -2.35. The number of hydrogen-bond donors (Lipinski definition) is 0. The van der Waals surface area contributed by atoms with E-state index in [-0.39, 0.29) is 16.6 Å². The molecule has 0 saturated carbocycles. The van der Waals surface area contributed by atoms with Crippen LogP contribution >= 0.6 is 11.6 Å². The van der Waals surface area contributed by atoms with E-state index in [1.807, 2.05) is 13.8 Å². The molecule has 1 aliphatic heterocycles. The van der Waals surface area contributed by atoms with Crippen LogP contribution in [-0.2, 0) is 16.4 Å². The van der Waals surface area contributed by atoms with Gasteiger partial charge in [-0.3, -0.25) is 4.79 Å². The molecule has 0 unspecified atom stereocenters. The second-order valence-electron chi connectivity index (χ2n) is 6.88. The van der Waals surface area contributed by atoms with E-state index in [2.05, 4.69) is 0 Å². The number of anilines is 1. The van der Waals surface area contributed by atoms with Crippen LogP contribution in [0.3, 0.4) is 0 Å². The molecule has 2 aromatic carbocycles. The molecule has 8 heteroatoms. The number of furan rings is 1. The molecular formula is C21H21ClN2O4S. The highest BCUT2D eigenvalue weighted by molar-refractivity contribution is 7.89. The molecule has 0 saturated heterocycles. The van der Waals surface area contributed by atoms with Gasteiger partial charge in [0, 0.05) is 35.7 Å². The lowest BCUT2D eigenvalue weighted by Gasteiger charge is -2.20. The summed E-state index contributed by atoms with van der Waals surface area (Å²) in [7, 11) is -3.54. The highest BCUT2D eigenvalue weighted by Crippen LogP contribution is 2.33. The molecule has 0 radical (unpaired) electrons. The van der Waals surface area contributed by atoms with Gasteiger partial charge in [0.1, 0.15) is 5.58 Å². The van der Waals surface area contributed by atoms with Crippen LogP contribution in [0.25, 0.3) is 11.0 Å². The lowest BCUT2D eigenvalue weighted by atomic mass is 10.2. The van der Waals surface area contributed by atoms with Gasteiger partial charge in [-0.25, -0.2) is 8.42 Å². The topological polar surface area (TPSA) is 70.8 Å². The van der Waals surface area contributed by atoms with Gasteiger partial charge in [0.25, 0.3) is 5.91 Å². The Morgan fingerprint density at radius 1 is 1.14 bits per heavy atom. The van der Waals surface area contributed by atoms with Gasteiger partial charge in [0.15, 0.2) is 5.76 Å². The summed E-state index contributed by atoms with van der Waals surface area (Å²) in [5.41, 5.74) is 2.15. The zero-order chi connectivity index (χ0) is 20.8. The number of nitrogens with zero attached hydrogens (tertiary/aromatic N) is 2. The molecule has 0 N–H and O–H groups in total. The van der Waals surface area contributed by atoms with Gasteiger partial charge in [-0.05, 0) is 54.4 Å². The molecule has 0 aliphatic carbocycles. The molecule has 6 nitrogen and oxygen atoms in total. The number of fused-ring (bicyclic) bond motifs is 2. The standard InChI is InChI=1S/C21H21ClN2O4S/c1-3-23(4-2)29(26,27)17-6-7-18-14(12-17)9-10-24(18)21(25)20-13-15-11-16(22)5-8-19(15)28-20/h5-8,11-13H,3-4,9-10H2,1-2H3. The molecule has 152 valence electrons. The SMILES string of the molecule is CCN(CC)S(=O)(=O)c1ccc2c(c1)CCN2C(=O)c1cc2cc(Cl)ccc2o1. The van der Waals surface area contributed by atoms with Gasteiger partial charge in [0.05, 0.1) is 4.90 Å². The molecule has 4 rings (SSSR count). The van der Waals surface area contributed by atoms with Crippen LogP contribution in [0.15, 0.2) is 51.8 Å². The van der Waals surface area contributed by atoms with Crippen LogP contribution < -0.4 is 4.90 Å². The third-order valence-corrected chi connectivity index (χ3v) is 7.50. The molecule has 0 atom stereocenters. The summed E-state index contributed by atoms with van der Waals surface area (Å²) in [6.07, 6.45) is 0.592. The first-order valence-corrected chi connectivity index (χ1v) is 11.3. The quantitative estimate of drug-likeness (QED) is 0.602. The normalized spacial score (nSPS) is 14.0. The number of amides is 1. The fourth-order valence-electron chi connectivity index (χ4n) is 3.71. The number of carbonyl (C=O) groups excluding carboxylic acids is 1. The van der Waals surface area contributed by atoms with Gasteiger partial charge in [-0.1, -0.05) is 25.4 Å². The Kier molecular flexibility index (Phi) is 5.14. The van der Waals surface area contributed by atoms with Gasteiger partial charge < -0.3 is 9.32 Å². The molecule has 2 heterocycles. The number of carbonyl (C=O) groups is 1. The molecule has 3 aromatic rings. The van der Waals surface area contributed by atoms with Crippen molar-refractivity contribution >= 4 is 44.2 Å². The minimum Gasteiger partial charge on any atom is -0.451 e. The van der Waals surface area contributed by atoms with E-state index in [0.29, 0.717) is 42.3 Å². The summed E-state index contributed by atoms with van der Waals surface area (Å²) in [5, 5.41) is 1.34. The minimum atomic E-state index is -3.54. The summed E-state index contributed by atoms with van der Waals surface area (Å²) < 4.78 is 32.7. The predicted octanol–water partition coefficient (Wildman–Crippen LogP) is 4.32. The number of halogens is 1. The van der Waals surface area contributed by atoms with Crippen molar-refractivity contribution in [2.75, 3.05) is 24.5 Å². The predicted molar refractivity (Wildman–Crippen MR) is 113 cm³/mol. The molecule has 0 fully saturated rings. The maximum Gasteiger partial charge on any atom is 0.294 e. The average Bonchev–Trinajstić information content (AvgIpc) is 3.31. The van der Waals surface area contributed by atoms with E-state index < -0.39 is 10.0 Å². The van der Waals surface area contributed by atoms with E-state index in [0.717, 1.165) is 10.9 Å². The van der Waals surface area contributed by atoms with Crippen molar-refractivity contribution in [2.24, 2.45) is 0 Å². The summed E-state index contributed by atoms with van der Waals surface area (Å²) in [4.78, 5) is 14.9. The van der Waals surface area contributed by atoms with Crippen molar-refractivity contribution in [1.29, 1.82) is 0 Å². The van der Waals surface area contributed by atoms with E-state index in [4.69, 9.17) is 16.0 Å². The van der Waals surface area contributed by atoms with Crippen molar-refractivity contribution in [3.05, 3.63) is 58.8 Å². The fraction of sp³-hybridized carbons (Fsp3) is 0.286. The van der Waals surface area contributed by atoms with Crippen LogP contribution in [0.1, 0.15) is 30.0 Å². The fourth-order valence-corrected chi connectivity index (χ4v) is 5.40. The Morgan fingerprint density at radius 2 is 1.90 bits per heavy atom. The Labute approximate surface area is 174 Å². The largest absolute Gasteiger partial charge is 0.451 e. The lowest BCUT2D eigenvalue weighted by molar-refractivity contribution is 0.0965. The Morgan fingerprint density at radius 3 is 2.62 bits per heavy atom. The van der Waals surface area contributed by atoms with E-state index in [1.54, 1.807) is 47.4 Å². The molecule has 1 aromatic heterocycles. The van der Waals surface area contributed by atoms with Gasteiger partial charge >= 0.3 is 0 Å². The summed E-state index contributed by atoms with van der Waals surface area (Å²) in [6, 6.07) is 11.8. The number of rotatable bonds is 5. The van der Waals surface area contributed by atoms with Crippen LogP contribution in [0, 0.1) is 0 Å². The molecule has 29 heavy (non-hydrogen) atoms. The summed E-state index contributed by atoms with van der Waals surface area (Å²) in [5.74, 6) is -0.0228. The third kappa shape index (κ3) is 3.43. The lowest BCUT2D eigenvalue weighted by Crippen LogP contribution is -2.30. The maximum atomic E-state index is 13.0. The monoisotopic (exact) mass is 432 g/mol. The zero-order valence-electron chi connectivity index (χ0n) is 16.2. The van der Waals surface area contributed by atoms with Crippen LogP contribution in [0.5, 0.6) is 0 Å². The minimum absolute atomic E-state index is 0.231. The Balaban J connectivity index is 1.65. The van der Waals surface area contributed by atoms with E-state index >= 15 is 0 Å². The molecule has 1 aliphatic rings. The zero-order valence-corrected chi connectivity index (χ0v) is 17.8. The summed E-state index contributed by atoms with van der Waals surface area (Å²) in [6.45, 7) is 4.93. The van der Waals surface area contributed by atoms with Crippen LogP contribution in [0.4, 0.5) is 5.69 Å². The molecule has 0 spiro atoms. The number of hydrogen-bond acceptors (Lipinski definition) is 4. The van der Waals surface area contributed by atoms with Gasteiger partial charge in [-0.15, -0.1) is 0 Å². The molecular weight excluding hydrogens is 412 g/mol. The average molecular weight is 433 g/mol. The molecule has 1 amide bonds. The van der Waals surface area contributed by atoms with Crippen molar-refractivity contribution in [1.82, 2.24) is 4.31 Å². The van der Waals surface area contributed by atoms with Crippen molar-refractivity contribution in [3.63, 3.8) is 0 Å². The summed E-state index contributed by atoms with van der Waals surface area (Å²) >= 11 is 6.01. The van der Waals surface area contributed by atoms with Gasteiger partial charge in [-0.2, -0.15) is 4.31 Å². The van der Waals surface area contributed by atoms with Crippen molar-refractivity contribution < 1.29 is 17.6 Å². The smallest absolute Gasteiger partial charge is 0.294 e. The third-order valence-electron chi connectivity index (χ3n) is 5.22. The highest BCUT2D eigenvalue weighted by atomic mass is 35.5. The first-order valence-electron chi connectivity index (χ1n) is 9.49. The van der Waals surface area contributed by atoms with Crippen LogP contribution in [0.2, 0.25) is 5.02 Å². The van der Waals surface area contributed by atoms with Crippen LogP contribution in [-0.4, -0.2) is 38.3 Å². The number of sulfonamides is 1. The maximum absolute atomic E-state index is 13.0. The second kappa shape index (κ2) is 7.48. The first kappa shape index (κ1) is 19.9. The van der Waals surface area contributed by atoms with Crippen molar-refractivity contribution in [3.8, 4) is 0 Å². The first-order chi connectivity index (χ1) is 13.8. The Bertz CT molecular complexity index is 1200. The van der Waals surface area contributed by atoms with E-state index in [9.17, 15) is 13.2 Å².